The van der Waals surface area contributed by atoms with Gasteiger partial charge in [-0.1, -0.05) is 19.9 Å². The molecule has 10 heteroatoms. The minimum absolute atomic E-state index is 0.0624. The third kappa shape index (κ3) is 8.76. The summed E-state index contributed by atoms with van der Waals surface area (Å²) in [5, 5.41) is 12.9. The van der Waals surface area contributed by atoms with E-state index in [2.05, 4.69) is 55.9 Å². The maximum absolute atomic E-state index is 12.8. The fourth-order valence-corrected chi connectivity index (χ4v) is 3.78. The van der Waals surface area contributed by atoms with Crippen LogP contribution in [0.5, 0.6) is 11.5 Å². The Hall–Kier alpha value is 0.314. The van der Waals surface area contributed by atoms with Crippen molar-refractivity contribution in [1.29, 1.82) is 0 Å². The second kappa shape index (κ2) is 11.3. The van der Waals surface area contributed by atoms with Gasteiger partial charge in [-0.05, 0) is 51.3 Å². The third-order valence-corrected chi connectivity index (χ3v) is 5.87. The van der Waals surface area contributed by atoms with E-state index >= 15 is 0 Å². The van der Waals surface area contributed by atoms with Gasteiger partial charge in [0.2, 0.25) is 5.91 Å². The van der Waals surface area contributed by atoms with Crippen molar-refractivity contribution in [3.8, 4) is 11.5 Å². The molecule has 0 aliphatic heterocycles. The van der Waals surface area contributed by atoms with Crippen LogP contribution in [-0.4, -0.2) is 45.5 Å². The van der Waals surface area contributed by atoms with Crippen LogP contribution in [-0.2, 0) is 29.4 Å². The monoisotopic (exact) mass is 689 g/mol. The number of aromatic hydroxyl groups is 1. The van der Waals surface area contributed by atoms with Crippen molar-refractivity contribution in [3.05, 3.63) is 23.8 Å². The van der Waals surface area contributed by atoms with E-state index in [1.807, 2.05) is 33.8 Å². The molecule has 0 aliphatic carbocycles. The quantitative estimate of drug-likeness (QED) is 0.299. The van der Waals surface area contributed by atoms with E-state index < -0.39 is 26.2 Å². The van der Waals surface area contributed by atoms with E-state index in [-0.39, 0.29) is 11.7 Å². The average Bonchev–Trinajstić information content (AvgIpc) is 2.53. The molecule has 0 fully saturated rings. The van der Waals surface area contributed by atoms with Crippen molar-refractivity contribution in [2.45, 2.75) is 58.0 Å². The van der Waals surface area contributed by atoms with E-state index in [1.54, 1.807) is 26.0 Å². The molecule has 0 aromatic heterocycles. The Morgan fingerprint density at radius 3 is 2.10 bits per heavy atom. The summed E-state index contributed by atoms with van der Waals surface area (Å²) >= 11 is 4.74. The second-order valence-electron chi connectivity index (χ2n) is 8.39. The number of hydrogen-bond acceptors (Lipinski definition) is 4. The summed E-state index contributed by atoms with van der Waals surface area (Å²) in [6.45, 7) is 11.2. The average molecular weight is 689 g/mol. The zero-order valence-corrected chi connectivity index (χ0v) is 24.8. The summed E-state index contributed by atoms with van der Waals surface area (Å²) in [6.07, 6.45) is 1.46. The molecule has 0 saturated heterocycles. The number of phenolic OH excluding ortho intramolecular Hbond substituents is 1. The molecule has 0 spiro atoms. The van der Waals surface area contributed by atoms with E-state index in [0.29, 0.717) is 15.2 Å². The molecule has 1 aromatic carbocycles. The summed E-state index contributed by atoms with van der Waals surface area (Å²) in [4.78, 5) is 12.8. The molecule has 0 radical (unpaired) electrons. The topological polar surface area (TPSA) is 87.7 Å². The first-order valence-electron chi connectivity index (χ1n) is 8.68. The molecule has 0 saturated carbocycles. The number of carbonyl (C=O) groups excluding carboxylic acids is 1. The van der Waals surface area contributed by atoms with E-state index in [9.17, 15) is 14.1 Å². The molecule has 167 valence electrons. The number of carbonyl (C=O) groups is 1. The Kier molecular flexibility index (Phi) is 11.4. The Morgan fingerprint density at radius 1 is 1.21 bits per heavy atom. The molecular weight excluding hydrogens is 657 g/mol. The molecule has 1 unspecified atom stereocenters. The minimum atomic E-state index is -2.54. The molecule has 0 heterocycles. The van der Waals surface area contributed by atoms with Crippen LogP contribution in [0.1, 0.15) is 47.1 Å². The maximum atomic E-state index is 12.8. The van der Waals surface area contributed by atoms with Gasteiger partial charge in [0.15, 0.2) is 11.5 Å². The Morgan fingerprint density at radius 2 is 1.69 bits per heavy atom. The first-order valence-corrected chi connectivity index (χ1v) is 19.8. The molecule has 0 aliphatic rings. The Bertz CT molecular complexity index is 812. The zero-order valence-electron chi connectivity index (χ0n) is 18.2. The van der Waals surface area contributed by atoms with E-state index in [4.69, 9.17) is 4.74 Å². The first kappa shape index (κ1) is 29.3. The van der Waals surface area contributed by atoms with Gasteiger partial charge in [0, 0.05) is 26.9 Å². The van der Waals surface area contributed by atoms with Crippen molar-refractivity contribution in [3.63, 3.8) is 0 Å². The van der Waals surface area contributed by atoms with Crippen LogP contribution in [0.4, 0.5) is 0 Å². The molecule has 3 N–H and O–H groups in total. The summed E-state index contributed by atoms with van der Waals surface area (Å²) in [5.74, 6) is 3.72. The van der Waals surface area contributed by atoms with Gasteiger partial charge < -0.3 is 15.2 Å². The second-order valence-corrected chi connectivity index (χ2v) is 22.4. The Balaban J connectivity index is 0.00000245. The molecule has 29 heavy (non-hydrogen) atoms. The van der Waals surface area contributed by atoms with Crippen LogP contribution >= 0.6 is 40.0 Å². The number of ether oxygens (including phenoxy) is 1. The van der Waals surface area contributed by atoms with Crippen LogP contribution in [0.3, 0.4) is 0 Å². The van der Waals surface area contributed by atoms with E-state index in [0.717, 1.165) is 5.56 Å². The molecule has 1 rings (SSSR count). The van der Waals surface area contributed by atoms with Gasteiger partial charge in [0.1, 0.15) is 5.54 Å². The van der Waals surface area contributed by atoms with Crippen molar-refractivity contribution in [2.75, 3.05) is 13.4 Å². The number of benzene rings is 1. The molecule has 6 nitrogen and oxygen atoms in total. The van der Waals surface area contributed by atoms with Crippen molar-refractivity contribution < 1.29 is 28.3 Å². The van der Waals surface area contributed by atoms with Gasteiger partial charge >= 0.3 is 49.4 Å². The number of amides is 1. The fourth-order valence-electron chi connectivity index (χ4n) is 2.61. The van der Waals surface area contributed by atoms with Crippen molar-refractivity contribution in [1.82, 2.24) is 10.0 Å². The summed E-state index contributed by atoms with van der Waals surface area (Å²) < 4.78 is 19.9. The summed E-state index contributed by atoms with van der Waals surface area (Å²) in [5.41, 5.74) is -1.29. The van der Waals surface area contributed by atoms with Crippen molar-refractivity contribution in [2.24, 2.45) is 0 Å². The third-order valence-electron chi connectivity index (χ3n) is 4.93. The van der Waals surface area contributed by atoms with Gasteiger partial charge in [-0.2, -0.15) is 0 Å². The van der Waals surface area contributed by atoms with Crippen LogP contribution in [0.15, 0.2) is 18.2 Å². The van der Waals surface area contributed by atoms with E-state index in [1.165, 1.54) is 13.4 Å². The summed E-state index contributed by atoms with van der Waals surface area (Å²) in [6, 6.07) is 5.15. The number of rotatable bonds is 7. The van der Waals surface area contributed by atoms with Gasteiger partial charge in [-0.3, -0.25) is 9.00 Å². The standard InChI is InChI=1S/C19H32N2O4S.2HI.V/c1-17(2,13-10-11-14(22)15(12-13)25-7)19(5,6)20-16(23)18(3,4)21-26(8,9)24;;;/h10-12,22H,8H2,1-7,9H3,(H,20,23)(H,21,24);2*1H;/q;;;+2/p-2. The van der Waals surface area contributed by atoms with Gasteiger partial charge in [-0.15, -0.1) is 0 Å². The van der Waals surface area contributed by atoms with Gasteiger partial charge in [0.25, 0.3) is 0 Å². The fraction of sp³-hybridized carbons (Fsp3) is 0.579. The Labute approximate surface area is 204 Å². The van der Waals surface area contributed by atoms with Crippen LogP contribution in [0.2, 0.25) is 0 Å². The SMILES string of the molecule is C=S(C)(=O)NC(C)(C)C(=O)NC(C)(C)C(C)(C)c1ccc(O)c(OC)c1.[I][V][I]. The molecule has 1 amide bonds. The van der Waals surface area contributed by atoms with Gasteiger partial charge in [0.05, 0.1) is 7.11 Å². The predicted molar refractivity (Wildman–Crippen MR) is 136 cm³/mol. The molecule has 1 atom stereocenters. The molecular formula is C19H32I2N2O4SV. The van der Waals surface area contributed by atoms with Crippen molar-refractivity contribution >= 4 is 61.4 Å². The summed E-state index contributed by atoms with van der Waals surface area (Å²) in [7, 11) is -0.417. The van der Waals surface area contributed by atoms with Gasteiger partial charge in [-0.25, -0.2) is 4.72 Å². The van der Waals surface area contributed by atoms with Crippen LogP contribution in [0, 0.1) is 0 Å². The molecule has 0 bridgehead atoms. The normalized spacial score (nSPS) is 14.1. The number of methoxy groups -OCH3 is 1. The number of nitrogens with one attached hydrogen (secondary N) is 2. The number of hydrogen-bond donors (Lipinski definition) is 3. The number of phenols is 1. The van der Waals surface area contributed by atoms with Crippen LogP contribution < -0.4 is 14.8 Å². The van der Waals surface area contributed by atoms with Crippen LogP contribution in [0.25, 0.3) is 0 Å². The zero-order chi connectivity index (χ0) is 23.3. The first-order chi connectivity index (χ1) is 12.9. The predicted octanol–water partition coefficient (Wildman–Crippen LogP) is 3.97. The number of halogens is 2. The molecule has 1 aromatic rings.